The SMILES string of the molecule is Cl.O=C(O)[C@@H]1CCCN(CCO/N=C(/Cc2ccc(F)cc2)c2ccc(F)cc2)C1. The molecule has 0 unspecified atom stereocenters. The molecule has 0 bridgehead atoms. The van der Waals surface area contributed by atoms with Crippen LogP contribution in [0.1, 0.15) is 24.0 Å². The molecule has 1 atom stereocenters. The van der Waals surface area contributed by atoms with Crippen LogP contribution in [0.15, 0.2) is 53.7 Å². The molecule has 2 aromatic rings. The Morgan fingerprint density at radius 2 is 1.73 bits per heavy atom. The summed E-state index contributed by atoms with van der Waals surface area (Å²) in [5.74, 6) is -1.74. The lowest BCUT2D eigenvalue weighted by Crippen LogP contribution is -2.40. The normalized spacial score (nSPS) is 17.3. The summed E-state index contributed by atoms with van der Waals surface area (Å²) in [6, 6.07) is 12.1. The molecule has 3 rings (SSSR count). The van der Waals surface area contributed by atoms with Gasteiger partial charge in [-0.15, -0.1) is 12.4 Å². The zero-order valence-corrected chi connectivity index (χ0v) is 17.3. The summed E-state index contributed by atoms with van der Waals surface area (Å²) in [4.78, 5) is 18.7. The van der Waals surface area contributed by atoms with Gasteiger partial charge < -0.3 is 9.94 Å². The summed E-state index contributed by atoms with van der Waals surface area (Å²) in [6.45, 7) is 2.26. The predicted molar refractivity (Wildman–Crippen MR) is 113 cm³/mol. The average Bonchev–Trinajstić information content (AvgIpc) is 2.72. The van der Waals surface area contributed by atoms with E-state index >= 15 is 0 Å². The largest absolute Gasteiger partial charge is 0.481 e. The highest BCUT2D eigenvalue weighted by Crippen LogP contribution is 2.16. The van der Waals surface area contributed by atoms with Gasteiger partial charge in [-0.05, 0) is 54.8 Å². The van der Waals surface area contributed by atoms with Crippen molar-refractivity contribution in [2.45, 2.75) is 19.3 Å². The van der Waals surface area contributed by atoms with Gasteiger partial charge in [0.1, 0.15) is 18.2 Å². The van der Waals surface area contributed by atoms with Gasteiger partial charge in [0.25, 0.3) is 0 Å². The summed E-state index contributed by atoms with van der Waals surface area (Å²) >= 11 is 0. The average molecular weight is 439 g/mol. The van der Waals surface area contributed by atoms with Crippen molar-refractivity contribution >= 4 is 24.1 Å². The van der Waals surface area contributed by atoms with Gasteiger partial charge in [-0.1, -0.05) is 29.4 Å². The van der Waals surface area contributed by atoms with Crippen molar-refractivity contribution in [3.8, 4) is 0 Å². The molecule has 1 N–H and O–H groups in total. The van der Waals surface area contributed by atoms with Crippen molar-refractivity contribution in [1.82, 2.24) is 4.90 Å². The molecule has 0 amide bonds. The van der Waals surface area contributed by atoms with E-state index in [2.05, 4.69) is 10.1 Å². The second-order valence-corrected chi connectivity index (χ2v) is 7.16. The van der Waals surface area contributed by atoms with Crippen molar-refractivity contribution in [3.05, 3.63) is 71.3 Å². The van der Waals surface area contributed by atoms with Crippen molar-refractivity contribution in [3.63, 3.8) is 0 Å². The molecule has 2 aromatic carbocycles. The number of nitrogens with zero attached hydrogens (tertiary/aromatic N) is 2. The number of likely N-dealkylation sites (tertiary alicyclic amines) is 1. The molecule has 0 radical (unpaired) electrons. The van der Waals surface area contributed by atoms with Crippen LogP contribution in [0.2, 0.25) is 0 Å². The fourth-order valence-corrected chi connectivity index (χ4v) is 3.38. The van der Waals surface area contributed by atoms with E-state index in [4.69, 9.17) is 4.84 Å². The molecular weight excluding hydrogens is 414 g/mol. The number of hydrogen-bond acceptors (Lipinski definition) is 4. The lowest BCUT2D eigenvalue weighted by molar-refractivity contribution is -0.143. The minimum Gasteiger partial charge on any atom is -0.481 e. The van der Waals surface area contributed by atoms with E-state index in [-0.39, 0.29) is 30.0 Å². The summed E-state index contributed by atoms with van der Waals surface area (Å²) in [7, 11) is 0. The number of hydrogen-bond donors (Lipinski definition) is 1. The van der Waals surface area contributed by atoms with E-state index in [1.807, 2.05) is 0 Å². The molecule has 1 saturated heterocycles. The van der Waals surface area contributed by atoms with Crippen molar-refractivity contribution in [1.29, 1.82) is 0 Å². The summed E-state index contributed by atoms with van der Waals surface area (Å²) in [6.07, 6.45) is 1.97. The van der Waals surface area contributed by atoms with E-state index in [1.54, 1.807) is 24.3 Å². The Balaban J connectivity index is 0.00000320. The maximum atomic E-state index is 13.3. The van der Waals surface area contributed by atoms with Crippen molar-refractivity contribution in [2.24, 2.45) is 11.1 Å². The highest BCUT2D eigenvalue weighted by Gasteiger charge is 2.24. The minimum absolute atomic E-state index is 0. The van der Waals surface area contributed by atoms with E-state index in [0.29, 0.717) is 38.2 Å². The number of piperidine rings is 1. The second kappa shape index (κ2) is 11.6. The third-order valence-electron chi connectivity index (χ3n) is 4.99. The van der Waals surface area contributed by atoms with Gasteiger partial charge in [0.2, 0.25) is 0 Å². The minimum atomic E-state index is -0.758. The Hall–Kier alpha value is -2.51. The van der Waals surface area contributed by atoms with Gasteiger partial charge in [-0.3, -0.25) is 9.69 Å². The van der Waals surface area contributed by atoms with Crippen LogP contribution in [0.5, 0.6) is 0 Å². The molecule has 1 fully saturated rings. The molecule has 0 saturated carbocycles. The highest BCUT2D eigenvalue weighted by atomic mass is 35.5. The molecule has 30 heavy (non-hydrogen) atoms. The Bertz CT molecular complexity index is 844. The van der Waals surface area contributed by atoms with E-state index < -0.39 is 5.97 Å². The molecular formula is C22H25ClF2N2O3. The Labute approximate surface area is 180 Å². The number of aliphatic carboxylic acids is 1. The third kappa shape index (κ3) is 7.07. The maximum Gasteiger partial charge on any atom is 0.307 e. The van der Waals surface area contributed by atoms with Crippen molar-refractivity contribution in [2.75, 3.05) is 26.2 Å². The number of carboxylic acids is 1. The molecule has 5 nitrogen and oxygen atoms in total. The molecule has 1 aliphatic heterocycles. The number of benzene rings is 2. The van der Waals surface area contributed by atoms with Crippen LogP contribution in [-0.4, -0.2) is 47.9 Å². The van der Waals surface area contributed by atoms with Gasteiger partial charge in [0.15, 0.2) is 0 Å². The molecule has 1 heterocycles. The number of carboxylic acid groups (broad SMARTS) is 1. The fraction of sp³-hybridized carbons (Fsp3) is 0.364. The van der Waals surface area contributed by atoms with Crippen LogP contribution in [0, 0.1) is 17.6 Å². The topological polar surface area (TPSA) is 62.1 Å². The Morgan fingerprint density at radius 1 is 1.10 bits per heavy atom. The number of carbonyl (C=O) groups is 1. The first-order chi connectivity index (χ1) is 14.0. The lowest BCUT2D eigenvalue weighted by Gasteiger charge is -2.29. The van der Waals surface area contributed by atoms with E-state index in [1.165, 1.54) is 24.3 Å². The van der Waals surface area contributed by atoms with Crippen LogP contribution in [0.25, 0.3) is 0 Å². The molecule has 8 heteroatoms. The molecule has 0 spiro atoms. The van der Waals surface area contributed by atoms with Crippen LogP contribution in [0.4, 0.5) is 8.78 Å². The van der Waals surface area contributed by atoms with Gasteiger partial charge in [-0.2, -0.15) is 0 Å². The first-order valence-electron chi connectivity index (χ1n) is 9.65. The van der Waals surface area contributed by atoms with Gasteiger partial charge in [0.05, 0.1) is 11.6 Å². The quantitative estimate of drug-likeness (QED) is 0.382. The number of oxime groups is 1. The van der Waals surface area contributed by atoms with E-state index in [9.17, 15) is 18.7 Å². The fourth-order valence-electron chi connectivity index (χ4n) is 3.38. The van der Waals surface area contributed by atoms with E-state index in [0.717, 1.165) is 24.1 Å². The lowest BCUT2D eigenvalue weighted by atomic mass is 9.98. The highest BCUT2D eigenvalue weighted by molar-refractivity contribution is 6.01. The van der Waals surface area contributed by atoms with Crippen molar-refractivity contribution < 1.29 is 23.5 Å². The van der Waals surface area contributed by atoms with Crippen LogP contribution < -0.4 is 0 Å². The van der Waals surface area contributed by atoms with Crippen LogP contribution in [0.3, 0.4) is 0 Å². The standard InChI is InChI=1S/C22H24F2N2O3.ClH/c23-19-7-3-16(4-8-19)14-21(17-5-9-20(24)10-6-17)25-29-13-12-26-11-1-2-18(15-26)22(27)28;/h3-10,18H,1-2,11-15H2,(H,27,28);1H/b25-21-;/t18-;/m1./s1. The molecule has 0 aromatic heterocycles. The zero-order valence-electron chi connectivity index (χ0n) is 16.5. The summed E-state index contributed by atoms with van der Waals surface area (Å²) < 4.78 is 26.4. The summed E-state index contributed by atoms with van der Waals surface area (Å²) in [5, 5.41) is 13.4. The van der Waals surface area contributed by atoms with Crippen LogP contribution in [-0.2, 0) is 16.1 Å². The number of rotatable bonds is 8. The third-order valence-corrected chi connectivity index (χ3v) is 4.99. The molecule has 162 valence electrons. The smallest absolute Gasteiger partial charge is 0.307 e. The summed E-state index contributed by atoms with van der Waals surface area (Å²) in [5.41, 5.74) is 2.19. The monoisotopic (exact) mass is 438 g/mol. The number of halogens is 3. The molecule has 1 aliphatic rings. The van der Waals surface area contributed by atoms with Gasteiger partial charge in [0, 0.05) is 19.5 Å². The van der Waals surface area contributed by atoms with Crippen LogP contribution >= 0.6 is 12.4 Å². The first kappa shape index (κ1) is 23.8. The first-order valence-corrected chi connectivity index (χ1v) is 9.65. The van der Waals surface area contributed by atoms with Gasteiger partial charge in [-0.25, -0.2) is 8.78 Å². The predicted octanol–water partition coefficient (Wildman–Crippen LogP) is 4.15. The zero-order chi connectivity index (χ0) is 20.6. The Kier molecular flexibility index (Phi) is 9.20. The maximum absolute atomic E-state index is 13.3. The second-order valence-electron chi connectivity index (χ2n) is 7.16. The van der Waals surface area contributed by atoms with Gasteiger partial charge >= 0.3 is 5.97 Å². The molecule has 0 aliphatic carbocycles. The Morgan fingerprint density at radius 3 is 2.37 bits per heavy atom.